The van der Waals surface area contributed by atoms with Crippen molar-refractivity contribution in [1.29, 1.82) is 0 Å². The summed E-state index contributed by atoms with van der Waals surface area (Å²) in [5, 5.41) is 0. The fraction of sp³-hybridized carbons (Fsp3) is 0.250. The number of aryl methyl sites for hydroxylation is 1. The summed E-state index contributed by atoms with van der Waals surface area (Å²) < 4.78 is 0. The molecule has 1 unspecified atom stereocenters. The van der Waals surface area contributed by atoms with Crippen molar-refractivity contribution in [2.24, 2.45) is 5.73 Å². The Labute approximate surface area is 109 Å². The lowest BCUT2D eigenvalue weighted by atomic mass is 10.1. The molecule has 0 fully saturated rings. The summed E-state index contributed by atoms with van der Waals surface area (Å²) in [5.41, 5.74) is 10.8. The SMILES string of the molecule is Cc1cccc(N(C)c2ccccc2C(C)N)c1. The molecule has 2 rings (SSSR count). The third-order valence-electron chi connectivity index (χ3n) is 3.18. The molecule has 94 valence electrons. The van der Waals surface area contributed by atoms with E-state index in [1.54, 1.807) is 0 Å². The van der Waals surface area contributed by atoms with Crippen LogP contribution in [-0.4, -0.2) is 7.05 Å². The predicted octanol–water partition coefficient (Wildman–Crippen LogP) is 3.78. The second kappa shape index (κ2) is 5.23. The molecule has 2 nitrogen and oxygen atoms in total. The molecule has 0 saturated heterocycles. The Morgan fingerprint density at radius 3 is 2.44 bits per heavy atom. The number of hydrogen-bond donors (Lipinski definition) is 1. The second-order valence-electron chi connectivity index (χ2n) is 4.75. The summed E-state index contributed by atoms with van der Waals surface area (Å²) in [7, 11) is 2.08. The molecule has 0 spiro atoms. The molecule has 0 heterocycles. The van der Waals surface area contributed by atoms with Crippen molar-refractivity contribution in [2.75, 3.05) is 11.9 Å². The number of benzene rings is 2. The van der Waals surface area contributed by atoms with Crippen molar-refractivity contribution in [3.63, 3.8) is 0 Å². The van der Waals surface area contributed by atoms with Gasteiger partial charge in [0, 0.05) is 24.5 Å². The van der Waals surface area contributed by atoms with Crippen molar-refractivity contribution in [3.8, 4) is 0 Å². The van der Waals surface area contributed by atoms with E-state index < -0.39 is 0 Å². The van der Waals surface area contributed by atoms with Gasteiger partial charge in [0.2, 0.25) is 0 Å². The fourth-order valence-electron chi connectivity index (χ4n) is 2.15. The fourth-order valence-corrected chi connectivity index (χ4v) is 2.15. The van der Waals surface area contributed by atoms with Crippen molar-refractivity contribution >= 4 is 11.4 Å². The quantitative estimate of drug-likeness (QED) is 0.884. The van der Waals surface area contributed by atoms with Gasteiger partial charge in [-0.3, -0.25) is 0 Å². The normalized spacial score (nSPS) is 12.2. The van der Waals surface area contributed by atoms with Crippen molar-refractivity contribution in [1.82, 2.24) is 0 Å². The van der Waals surface area contributed by atoms with Gasteiger partial charge in [-0.25, -0.2) is 0 Å². The Morgan fingerprint density at radius 2 is 1.78 bits per heavy atom. The number of nitrogens with two attached hydrogens (primary N) is 1. The molecule has 18 heavy (non-hydrogen) atoms. The van der Waals surface area contributed by atoms with E-state index in [0.29, 0.717) is 0 Å². The van der Waals surface area contributed by atoms with Crippen LogP contribution in [0.15, 0.2) is 48.5 Å². The van der Waals surface area contributed by atoms with Crippen molar-refractivity contribution in [3.05, 3.63) is 59.7 Å². The second-order valence-corrected chi connectivity index (χ2v) is 4.75. The molecular formula is C16H20N2. The van der Waals surface area contributed by atoms with Gasteiger partial charge in [-0.15, -0.1) is 0 Å². The van der Waals surface area contributed by atoms with Gasteiger partial charge < -0.3 is 10.6 Å². The minimum atomic E-state index is 0.0356. The molecule has 2 heteroatoms. The highest BCUT2D eigenvalue weighted by Crippen LogP contribution is 2.30. The highest BCUT2D eigenvalue weighted by molar-refractivity contribution is 5.66. The van der Waals surface area contributed by atoms with Gasteiger partial charge in [-0.1, -0.05) is 30.3 Å². The Hall–Kier alpha value is -1.80. The lowest BCUT2D eigenvalue weighted by Gasteiger charge is -2.24. The molecular weight excluding hydrogens is 220 g/mol. The standard InChI is InChI=1S/C16H20N2/c1-12-7-6-8-14(11-12)18(3)16-10-5-4-9-15(16)13(2)17/h4-11,13H,17H2,1-3H3. The Kier molecular flexibility index (Phi) is 3.68. The summed E-state index contributed by atoms with van der Waals surface area (Å²) in [6.07, 6.45) is 0. The molecule has 2 N–H and O–H groups in total. The van der Waals surface area contributed by atoms with E-state index >= 15 is 0 Å². The summed E-state index contributed by atoms with van der Waals surface area (Å²) in [6.45, 7) is 4.12. The van der Waals surface area contributed by atoms with Crippen molar-refractivity contribution in [2.45, 2.75) is 19.9 Å². The van der Waals surface area contributed by atoms with Gasteiger partial charge in [0.15, 0.2) is 0 Å². The van der Waals surface area contributed by atoms with Crippen LogP contribution in [0.3, 0.4) is 0 Å². The Morgan fingerprint density at radius 1 is 1.06 bits per heavy atom. The zero-order valence-electron chi connectivity index (χ0n) is 11.2. The highest BCUT2D eigenvalue weighted by atomic mass is 15.1. The van der Waals surface area contributed by atoms with E-state index in [1.807, 2.05) is 19.1 Å². The topological polar surface area (TPSA) is 29.3 Å². The van der Waals surface area contributed by atoms with Gasteiger partial charge in [0.05, 0.1) is 0 Å². The summed E-state index contributed by atoms with van der Waals surface area (Å²) in [5.74, 6) is 0. The summed E-state index contributed by atoms with van der Waals surface area (Å²) >= 11 is 0. The first-order valence-corrected chi connectivity index (χ1v) is 6.24. The molecule has 0 aliphatic heterocycles. The third-order valence-corrected chi connectivity index (χ3v) is 3.18. The minimum Gasteiger partial charge on any atom is -0.344 e. The van der Waals surface area contributed by atoms with E-state index in [2.05, 4.69) is 55.3 Å². The van der Waals surface area contributed by atoms with Crippen LogP contribution in [0.25, 0.3) is 0 Å². The van der Waals surface area contributed by atoms with Crippen LogP contribution in [-0.2, 0) is 0 Å². The highest BCUT2D eigenvalue weighted by Gasteiger charge is 2.11. The zero-order chi connectivity index (χ0) is 13.1. The van der Waals surface area contributed by atoms with E-state index in [9.17, 15) is 0 Å². The minimum absolute atomic E-state index is 0.0356. The van der Waals surface area contributed by atoms with Crippen LogP contribution >= 0.6 is 0 Å². The maximum absolute atomic E-state index is 6.03. The molecule has 0 saturated carbocycles. The van der Waals surface area contributed by atoms with Gasteiger partial charge in [-0.2, -0.15) is 0 Å². The van der Waals surface area contributed by atoms with E-state index in [4.69, 9.17) is 5.73 Å². The van der Waals surface area contributed by atoms with Gasteiger partial charge in [0.1, 0.15) is 0 Å². The number of rotatable bonds is 3. The van der Waals surface area contributed by atoms with E-state index in [1.165, 1.54) is 16.8 Å². The molecule has 2 aromatic rings. The van der Waals surface area contributed by atoms with Gasteiger partial charge >= 0.3 is 0 Å². The van der Waals surface area contributed by atoms with Gasteiger partial charge in [-0.05, 0) is 43.2 Å². The van der Waals surface area contributed by atoms with Crippen molar-refractivity contribution < 1.29 is 0 Å². The smallest absolute Gasteiger partial charge is 0.0456 e. The van der Waals surface area contributed by atoms with Crippen LogP contribution in [0.5, 0.6) is 0 Å². The molecule has 1 atom stereocenters. The molecule has 0 amide bonds. The predicted molar refractivity (Wildman–Crippen MR) is 78.3 cm³/mol. The van der Waals surface area contributed by atoms with Crippen LogP contribution in [0.2, 0.25) is 0 Å². The third kappa shape index (κ3) is 2.54. The molecule has 0 aromatic heterocycles. The van der Waals surface area contributed by atoms with E-state index in [0.717, 1.165) is 5.69 Å². The molecule has 0 bridgehead atoms. The summed E-state index contributed by atoms with van der Waals surface area (Å²) in [6, 6.07) is 16.8. The first-order valence-electron chi connectivity index (χ1n) is 6.24. The maximum Gasteiger partial charge on any atom is 0.0456 e. The molecule has 2 aromatic carbocycles. The first-order chi connectivity index (χ1) is 8.59. The lowest BCUT2D eigenvalue weighted by molar-refractivity contribution is 0.815. The van der Waals surface area contributed by atoms with Crippen LogP contribution in [0, 0.1) is 6.92 Å². The average Bonchev–Trinajstić information content (AvgIpc) is 2.38. The zero-order valence-corrected chi connectivity index (χ0v) is 11.2. The first kappa shape index (κ1) is 12.7. The van der Waals surface area contributed by atoms with Crippen LogP contribution in [0.1, 0.15) is 24.1 Å². The average molecular weight is 240 g/mol. The number of hydrogen-bond acceptors (Lipinski definition) is 2. The van der Waals surface area contributed by atoms with E-state index in [-0.39, 0.29) is 6.04 Å². The van der Waals surface area contributed by atoms with Gasteiger partial charge in [0.25, 0.3) is 0 Å². The number of para-hydroxylation sites is 1. The molecule has 0 aliphatic rings. The maximum atomic E-state index is 6.03. The lowest BCUT2D eigenvalue weighted by Crippen LogP contribution is -2.15. The summed E-state index contributed by atoms with van der Waals surface area (Å²) in [4.78, 5) is 2.19. The monoisotopic (exact) mass is 240 g/mol. The molecule has 0 aliphatic carbocycles. The van der Waals surface area contributed by atoms with Crippen LogP contribution < -0.4 is 10.6 Å². The molecule has 0 radical (unpaired) electrons. The number of nitrogens with zero attached hydrogens (tertiary/aromatic N) is 1. The Bertz CT molecular complexity index is 532. The van der Waals surface area contributed by atoms with Crippen LogP contribution in [0.4, 0.5) is 11.4 Å². The largest absolute Gasteiger partial charge is 0.344 e. The Balaban J connectivity index is 2.43. The number of anilines is 2.